The van der Waals surface area contributed by atoms with E-state index >= 15 is 0 Å². The number of benzene rings is 1. The summed E-state index contributed by atoms with van der Waals surface area (Å²) >= 11 is 0. The molecule has 0 aromatic heterocycles. The molecule has 22 heavy (non-hydrogen) atoms. The number of likely N-dealkylation sites (tertiary alicyclic amines) is 1. The van der Waals surface area contributed by atoms with Crippen molar-refractivity contribution in [1.82, 2.24) is 10.2 Å². The van der Waals surface area contributed by atoms with Crippen molar-refractivity contribution in [3.8, 4) is 5.75 Å². The minimum Gasteiger partial charge on any atom is -0.481 e. The van der Waals surface area contributed by atoms with Crippen LogP contribution in [-0.4, -0.2) is 43.1 Å². The molecular formula is C18H28N2O2. The molecule has 0 bridgehead atoms. The van der Waals surface area contributed by atoms with Crippen molar-refractivity contribution in [3.05, 3.63) is 29.8 Å². The highest BCUT2D eigenvalue weighted by atomic mass is 16.5. The van der Waals surface area contributed by atoms with E-state index in [2.05, 4.69) is 25.2 Å². The number of rotatable bonds is 5. The molecule has 1 unspecified atom stereocenters. The van der Waals surface area contributed by atoms with Crippen LogP contribution in [0.4, 0.5) is 0 Å². The number of carbonyl (C=O) groups is 1. The van der Waals surface area contributed by atoms with Crippen LogP contribution in [0, 0.1) is 0 Å². The highest BCUT2D eigenvalue weighted by molar-refractivity contribution is 5.81. The number of hydrogen-bond acceptors (Lipinski definition) is 3. The van der Waals surface area contributed by atoms with Gasteiger partial charge in [0.15, 0.2) is 6.10 Å². The smallest absolute Gasteiger partial charge is 0.263 e. The fourth-order valence-corrected chi connectivity index (χ4v) is 2.85. The lowest BCUT2D eigenvalue weighted by atomic mass is 10.0. The maximum Gasteiger partial charge on any atom is 0.263 e. The van der Waals surface area contributed by atoms with E-state index in [9.17, 15) is 4.79 Å². The van der Waals surface area contributed by atoms with Crippen LogP contribution >= 0.6 is 0 Å². The molecule has 0 aliphatic carbocycles. The van der Waals surface area contributed by atoms with E-state index in [1.165, 1.54) is 5.56 Å². The van der Waals surface area contributed by atoms with Gasteiger partial charge in [-0.3, -0.25) is 4.79 Å². The molecule has 1 aromatic rings. The van der Waals surface area contributed by atoms with Gasteiger partial charge in [-0.15, -0.1) is 0 Å². The first-order chi connectivity index (χ1) is 10.5. The van der Waals surface area contributed by atoms with Crippen LogP contribution in [0.5, 0.6) is 5.75 Å². The van der Waals surface area contributed by atoms with Crippen LogP contribution in [0.2, 0.25) is 0 Å². The molecule has 0 saturated carbocycles. The highest BCUT2D eigenvalue weighted by Crippen LogP contribution is 2.21. The van der Waals surface area contributed by atoms with Gasteiger partial charge >= 0.3 is 0 Å². The minimum absolute atomic E-state index is 0.0875. The van der Waals surface area contributed by atoms with Crippen molar-refractivity contribution in [3.63, 3.8) is 0 Å². The van der Waals surface area contributed by atoms with Crippen LogP contribution in [0.15, 0.2) is 24.3 Å². The van der Waals surface area contributed by atoms with Gasteiger partial charge in [0.05, 0.1) is 0 Å². The zero-order chi connectivity index (χ0) is 16.1. The Labute approximate surface area is 133 Å². The molecule has 1 atom stereocenters. The Morgan fingerprint density at radius 3 is 2.55 bits per heavy atom. The van der Waals surface area contributed by atoms with Crippen molar-refractivity contribution in [2.24, 2.45) is 0 Å². The minimum atomic E-state index is -0.437. The lowest BCUT2D eigenvalue weighted by molar-refractivity contribution is -0.139. The van der Waals surface area contributed by atoms with Crippen molar-refractivity contribution in [1.29, 1.82) is 0 Å². The van der Waals surface area contributed by atoms with Crippen molar-refractivity contribution >= 4 is 5.91 Å². The summed E-state index contributed by atoms with van der Waals surface area (Å²) in [6.45, 7) is 7.77. The summed E-state index contributed by atoms with van der Waals surface area (Å²) in [5, 5.41) is 3.28. The van der Waals surface area contributed by atoms with Gasteiger partial charge in [0, 0.05) is 19.1 Å². The number of carbonyl (C=O) groups excluding carboxylic acids is 1. The molecule has 4 nitrogen and oxygen atoms in total. The van der Waals surface area contributed by atoms with Crippen LogP contribution in [-0.2, 0) is 4.79 Å². The Balaban J connectivity index is 1.93. The zero-order valence-corrected chi connectivity index (χ0v) is 14.1. The third-order valence-electron chi connectivity index (χ3n) is 4.40. The molecular weight excluding hydrogens is 276 g/mol. The Morgan fingerprint density at radius 1 is 1.27 bits per heavy atom. The van der Waals surface area contributed by atoms with E-state index in [0.717, 1.165) is 31.7 Å². The monoisotopic (exact) mass is 304 g/mol. The van der Waals surface area contributed by atoms with Crippen LogP contribution in [0.3, 0.4) is 0 Å². The quantitative estimate of drug-likeness (QED) is 0.909. The summed E-state index contributed by atoms with van der Waals surface area (Å²) in [7, 11) is 1.98. The number of hydrogen-bond donors (Lipinski definition) is 1. The molecule has 2 rings (SSSR count). The molecule has 1 aliphatic heterocycles. The summed E-state index contributed by atoms with van der Waals surface area (Å²) in [6, 6.07) is 8.56. The number of amides is 1. The number of nitrogens with one attached hydrogen (secondary N) is 1. The van der Waals surface area contributed by atoms with E-state index in [4.69, 9.17) is 4.74 Å². The average molecular weight is 304 g/mol. The highest BCUT2D eigenvalue weighted by Gasteiger charge is 2.26. The van der Waals surface area contributed by atoms with E-state index in [1.54, 1.807) is 0 Å². The molecule has 1 saturated heterocycles. The van der Waals surface area contributed by atoms with Crippen molar-refractivity contribution in [2.75, 3.05) is 20.1 Å². The standard InChI is InChI=1S/C18H28N2O2/c1-13(2)15-6-5-7-17(12-15)22-14(3)18(21)20-10-8-16(19-4)9-11-20/h5-7,12-14,16,19H,8-11H2,1-4H3. The predicted octanol–water partition coefficient (Wildman–Crippen LogP) is 2.79. The van der Waals surface area contributed by atoms with E-state index < -0.39 is 6.10 Å². The average Bonchev–Trinajstić information content (AvgIpc) is 2.54. The molecule has 0 spiro atoms. The molecule has 1 heterocycles. The van der Waals surface area contributed by atoms with E-state index in [1.807, 2.05) is 37.1 Å². The second-order valence-corrected chi connectivity index (χ2v) is 6.38. The fourth-order valence-electron chi connectivity index (χ4n) is 2.85. The second kappa shape index (κ2) is 7.63. The number of nitrogens with zero attached hydrogens (tertiary/aromatic N) is 1. The zero-order valence-electron chi connectivity index (χ0n) is 14.1. The normalized spacial score (nSPS) is 17.6. The van der Waals surface area contributed by atoms with Gasteiger partial charge in [0.25, 0.3) is 5.91 Å². The predicted molar refractivity (Wildman–Crippen MR) is 89.3 cm³/mol. The molecule has 1 aliphatic rings. The van der Waals surface area contributed by atoms with Crippen LogP contribution < -0.4 is 10.1 Å². The van der Waals surface area contributed by atoms with Crippen molar-refractivity contribution in [2.45, 2.75) is 51.7 Å². The second-order valence-electron chi connectivity index (χ2n) is 6.38. The Kier molecular flexibility index (Phi) is 5.83. The fraction of sp³-hybridized carbons (Fsp3) is 0.611. The summed E-state index contributed by atoms with van der Waals surface area (Å²) in [5.41, 5.74) is 1.23. The maximum absolute atomic E-state index is 12.5. The van der Waals surface area contributed by atoms with E-state index in [0.29, 0.717) is 12.0 Å². The molecule has 1 amide bonds. The first-order valence-electron chi connectivity index (χ1n) is 8.24. The molecule has 4 heteroatoms. The topological polar surface area (TPSA) is 41.6 Å². The summed E-state index contributed by atoms with van der Waals surface area (Å²) < 4.78 is 5.87. The largest absolute Gasteiger partial charge is 0.481 e. The first-order valence-corrected chi connectivity index (χ1v) is 8.24. The van der Waals surface area contributed by atoms with E-state index in [-0.39, 0.29) is 5.91 Å². The lowest BCUT2D eigenvalue weighted by Gasteiger charge is -2.33. The van der Waals surface area contributed by atoms with Crippen molar-refractivity contribution < 1.29 is 9.53 Å². The van der Waals surface area contributed by atoms with Gasteiger partial charge in [-0.05, 0) is 50.4 Å². The molecule has 1 N–H and O–H groups in total. The first kappa shape index (κ1) is 16.8. The molecule has 122 valence electrons. The maximum atomic E-state index is 12.5. The van der Waals surface area contributed by atoms with Gasteiger partial charge in [0.1, 0.15) is 5.75 Å². The third kappa shape index (κ3) is 4.23. The summed E-state index contributed by atoms with van der Waals surface area (Å²) in [5.74, 6) is 1.32. The Hall–Kier alpha value is -1.55. The van der Waals surface area contributed by atoms with Gasteiger partial charge in [-0.2, -0.15) is 0 Å². The van der Waals surface area contributed by atoms with Gasteiger partial charge in [-0.1, -0.05) is 26.0 Å². The SMILES string of the molecule is CNC1CCN(C(=O)C(C)Oc2cccc(C(C)C)c2)CC1. The third-order valence-corrected chi connectivity index (χ3v) is 4.40. The van der Waals surface area contributed by atoms with Gasteiger partial charge in [-0.25, -0.2) is 0 Å². The summed E-state index contributed by atoms with van der Waals surface area (Å²) in [4.78, 5) is 14.4. The summed E-state index contributed by atoms with van der Waals surface area (Å²) in [6.07, 6.45) is 1.59. The molecule has 1 aromatic carbocycles. The Bertz CT molecular complexity index is 494. The molecule has 1 fully saturated rings. The van der Waals surface area contributed by atoms with Crippen LogP contribution in [0.1, 0.15) is 45.1 Å². The molecule has 0 radical (unpaired) electrons. The number of piperidine rings is 1. The van der Waals surface area contributed by atoms with Crippen LogP contribution in [0.25, 0.3) is 0 Å². The lowest BCUT2D eigenvalue weighted by Crippen LogP contribution is -2.48. The Morgan fingerprint density at radius 2 is 1.95 bits per heavy atom. The van der Waals surface area contributed by atoms with Gasteiger partial charge < -0.3 is 15.0 Å². The van der Waals surface area contributed by atoms with Gasteiger partial charge in [0.2, 0.25) is 0 Å². The number of ether oxygens (including phenoxy) is 1.